The highest BCUT2D eigenvalue weighted by Crippen LogP contribution is 2.34. The second-order valence-corrected chi connectivity index (χ2v) is 5.89. The zero-order chi connectivity index (χ0) is 10.9. The first-order chi connectivity index (χ1) is 7.11. The molecule has 0 aromatic rings. The van der Waals surface area contributed by atoms with Gasteiger partial charge in [-0.1, -0.05) is 33.1 Å². The molecule has 2 fully saturated rings. The standard InChI is InChI=1S/C13H25NO/c1-3-12-8-14(9-12)10-13(15)6-4-5-11(2)7-13/h11-12,15H,3-10H2,1-2H3. The van der Waals surface area contributed by atoms with E-state index in [1.165, 1.54) is 32.4 Å². The van der Waals surface area contributed by atoms with E-state index in [0.29, 0.717) is 5.92 Å². The zero-order valence-electron chi connectivity index (χ0n) is 10.2. The van der Waals surface area contributed by atoms with Crippen molar-refractivity contribution in [2.24, 2.45) is 11.8 Å². The first-order valence-electron chi connectivity index (χ1n) is 6.56. The average molecular weight is 211 g/mol. The Morgan fingerprint density at radius 2 is 2.13 bits per heavy atom. The van der Waals surface area contributed by atoms with Crippen LogP contribution in [0.5, 0.6) is 0 Å². The van der Waals surface area contributed by atoms with Crippen molar-refractivity contribution in [3.63, 3.8) is 0 Å². The molecule has 1 aliphatic carbocycles. The topological polar surface area (TPSA) is 23.5 Å². The van der Waals surface area contributed by atoms with Crippen LogP contribution >= 0.6 is 0 Å². The van der Waals surface area contributed by atoms with Gasteiger partial charge in [-0.15, -0.1) is 0 Å². The monoisotopic (exact) mass is 211 g/mol. The largest absolute Gasteiger partial charge is 0.389 e. The van der Waals surface area contributed by atoms with E-state index in [-0.39, 0.29) is 5.60 Å². The summed E-state index contributed by atoms with van der Waals surface area (Å²) in [6, 6.07) is 0. The van der Waals surface area contributed by atoms with Crippen LogP contribution in [-0.2, 0) is 0 Å². The van der Waals surface area contributed by atoms with Crippen molar-refractivity contribution in [2.75, 3.05) is 19.6 Å². The van der Waals surface area contributed by atoms with Gasteiger partial charge in [-0.3, -0.25) is 4.90 Å². The van der Waals surface area contributed by atoms with Crippen LogP contribution in [0.3, 0.4) is 0 Å². The van der Waals surface area contributed by atoms with Crippen LogP contribution in [0.2, 0.25) is 0 Å². The van der Waals surface area contributed by atoms with E-state index in [4.69, 9.17) is 0 Å². The Bertz CT molecular complexity index is 213. The Morgan fingerprint density at radius 3 is 2.73 bits per heavy atom. The second kappa shape index (κ2) is 4.42. The maximum absolute atomic E-state index is 10.5. The minimum atomic E-state index is -0.365. The van der Waals surface area contributed by atoms with E-state index in [0.717, 1.165) is 25.3 Å². The summed E-state index contributed by atoms with van der Waals surface area (Å²) in [4.78, 5) is 2.44. The smallest absolute Gasteiger partial charge is 0.0776 e. The minimum absolute atomic E-state index is 0.365. The molecule has 2 rings (SSSR count). The van der Waals surface area contributed by atoms with Crippen molar-refractivity contribution in [3.05, 3.63) is 0 Å². The third-order valence-electron chi connectivity index (χ3n) is 4.20. The summed E-state index contributed by atoms with van der Waals surface area (Å²) in [5.41, 5.74) is -0.365. The molecule has 1 saturated heterocycles. The van der Waals surface area contributed by atoms with E-state index >= 15 is 0 Å². The van der Waals surface area contributed by atoms with Crippen molar-refractivity contribution in [1.29, 1.82) is 0 Å². The summed E-state index contributed by atoms with van der Waals surface area (Å²) in [7, 11) is 0. The molecule has 15 heavy (non-hydrogen) atoms. The third-order valence-corrected chi connectivity index (χ3v) is 4.20. The second-order valence-electron chi connectivity index (χ2n) is 5.89. The van der Waals surface area contributed by atoms with Crippen molar-refractivity contribution in [1.82, 2.24) is 4.90 Å². The van der Waals surface area contributed by atoms with Crippen LogP contribution in [0.1, 0.15) is 46.0 Å². The Balaban J connectivity index is 1.78. The van der Waals surface area contributed by atoms with Gasteiger partial charge in [-0.25, -0.2) is 0 Å². The van der Waals surface area contributed by atoms with E-state index in [2.05, 4.69) is 18.7 Å². The van der Waals surface area contributed by atoms with Gasteiger partial charge in [-0.05, 0) is 24.7 Å². The van der Waals surface area contributed by atoms with Crippen molar-refractivity contribution in [2.45, 2.75) is 51.6 Å². The van der Waals surface area contributed by atoms with Gasteiger partial charge in [0.1, 0.15) is 0 Å². The summed E-state index contributed by atoms with van der Waals surface area (Å²) >= 11 is 0. The Morgan fingerprint density at radius 1 is 1.40 bits per heavy atom. The molecule has 1 heterocycles. The first kappa shape index (κ1) is 11.4. The van der Waals surface area contributed by atoms with Crippen LogP contribution in [0.4, 0.5) is 0 Å². The molecule has 0 amide bonds. The highest BCUT2D eigenvalue weighted by molar-refractivity contribution is 4.91. The summed E-state index contributed by atoms with van der Waals surface area (Å²) in [6.07, 6.45) is 5.85. The molecule has 0 aromatic heterocycles. The average Bonchev–Trinajstić information content (AvgIpc) is 2.10. The lowest BCUT2D eigenvalue weighted by molar-refractivity contribution is -0.0639. The van der Waals surface area contributed by atoms with Gasteiger partial charge >= 0.3 is 0 Å². The maximum Gasteiger partial charge on any atom is 0.0776 e. The van der Waals surface area contributed by atoms with Crippen molar-refractivity contribution >= 4 is 0 Å². The number of hydrogen-bond donors (Lipinski definition) is 1. The number of hydrogen-bond acceptors (Lipinski definition) is 2. The molecule has 0 radical (unpaired) electrons. The van der Waals surface area contributed by atoms with Gasteiger partial charge in [0.15, 0.2) is 0 Å². The van der Waals surface area contributed by atoms with Crippen LogP contribution in [-0.4, -0.2) is 35.2 Å². The quantitative estimate of drug-likeness (QED) is 0.774. The first-order valence-corrected chi connectivity index (χ1v) is 6.56. The predicted molar refractivity (Wildman–Crippen MR) is 62.8 cm³/mol. The predicted octanol–water partition coefficient (Wildman–Crippen LogP) is 2.27. The molecule has 88 valence electrons. The normalized spacial score (nSPS) is 39.0. The molecule has 2 atom stereocenters. The Labute approximate surface area is 93.7 Å². The van der Waals surface area contributed by atoms with E-state index in [1.54, 1.807) is 0 Å². The van der Waals surface area contributed by atoms with E-state index in [1.807, 2.05) is 0 Å². The van der Waals surface area contributed by atoms with Crippen LogP contribution in [0, 0.1) is 11.8 Å². The molecule has 2 unspecified atom stereocenters. The lowest BCUT2D eigenvalue weighted by Crippen LogP contribution is -2.54. The van der Waals surface area contributed by atoms with Gasteiger partial charge in [0, 0.05) is 19.6 Å². The number of aliphatic hydroxyl groups is 1. The molecule has 2 heteroatoms. The molecule has 2 nitrogen and oxygen atoms in total. The number of β-amino-alcohol motifs (C(OH)–C–C–N with tert-alkyl or cyclic N) is 1. The van der Waals surface area contributed by atoms with Crippen molar-refractivity contribution in [3.8, 4) is 0 Å². The Hall–Kier alpha value is -0.0800. The molecule has 0 bridgehead atoms. The van der Waals surface area contributed by atoms with Crippen LogP contribution in [0.25, 0.3) is 0 Å². The number of nitrogens with zero attached hydrogens (tertiary/aromatic N) is 1. The van der Waals surface area contributed by atoms with Gasteiger partial charge in [0.25, 0.3) is 0 Å². The van der Waals surface area contributed by atoms with E-state index < -0.39 is 0 Å². The van der Waals surface area contributed by atoms with Gasteiger partial charge in [-0.2, -0.15) is 0 Å². The molecular weight excluding hydrogens is 186 g/mol. The summed E-state index contributed by atoms with van der Waals surface area (Å²) in [5, 5.41) is 10.5. The number of likely N-dealkylation sites (tertiary alicyclic amines) is 1. The maximum atomic E-state index is 10.5. The van der Waals surface area contributed by atoms with Crippen LogP contribution in [0.15, 0.2) is 0 Å². The fraction of sp³-hybridized carbons (Fsp3) is 1.00. The molecule has 0 spiro atoms. The molecule has 1 saturated carbocycles. The van der Waals surface area contributed by atoms with Crippen LogP contribution < -0.4 is 0 Å². The van der Waals surface area contributed by atoms with Crippen molar-refractivity contribution < 1.29 is 5.11 Å². The van der Waals surface area contributed by atoms with E-state index in [9.17, 15) is 5.11 Å². The molecule has 2 aliphatic rings. The fourth-order valence-corrected chi connectivity index (χ4v) is 3.26. The third kappa shape index (κ3) is 2.73. The number of rotatable bonds is 3. The molecule has 0 aromatic carbocycles. The lowest BCUT2D eigenvalue weighted by atomic mass is 9.78. The molecule has 1 N–H and O–H groups in total. The summed E-state index contributed by atoms with van der Waals surface area (Å²) in [5.74, 6) is 1.61. The lowest BCUT2D eigenvalue weighted by Gasteiger charge is -2.45. The SMILES string of the molecule is CCC1CN(CC2(O)CCCC(C)C2)C1. The summed E-state index contributed by atoms with van der Waals surface area (Å²) < 4.78 is 0. The summed E-state index contributed by atoms with van der Waals surface area (Å²) in [6.45, 7) is 7.89. The van der Waals surface area contributed by atoms with Gasteiger partial charge < -0.3 is 5.11 Å². The highest BCUT2D eigenvalue weighted by Gasteiger charge is 2.37. The Kier molecular flexibility index (Phi) is 3.36. The molecule has 1 aliphatic heterocycles. The minimum Gasteiger partial charge on any atom is -0.389 e. The highest BCUT2D eigenvalue weighted by atomic mass is 16.3. The zero-order valence-corrected chi connectivity index (χ0v) is 10.2. The van der Waals surface area contributed by atoms with Gasteiger partial charge in [0.05, 0.1) is 5.60 Å². The van der Waals surface area contributed by atoms with Gasteiger partial charge in [0.2, 0.25) is 0 Å². The fourth-order valence-electron chi connectivity index (χ4n) is 3.26. The molecular formula is C13H25NO.